The van der Waals surface area contributed by atoms with Gasteiger partial charge in [0, 0.05) is 6.54 Å². The van der Waals surface area contributed by atoms with Gasteiger partial charge in [-0.3, -0.25) is 4.79 Å². The second kappa shape index (κ2) is 8.68. The number of carbonyl (C=O) groups excluding carboxylic acids is 1. The van der Waals surface area contributed by atoms with E-state index in [0.29, 0.717) is 24.9 Å². The molecule has 1 unspecified atom stereocenters. The van der Waals surface area contributed by atoms with Crippen molar-refractivity contribution in [3.05, 3.63) is 0 Å². The van der Waals surface area contributed by atoms with E-state index in [2.05, 4.69) is 24.5 Å². The van der Waals surface area contributed by atoms with Crippen molar-refractivity contribution in [2.75, 3.05) is 26.2 Å². The summed E-state index contributed by atoms with van der Waals surface area (Å²) < 4.78 is 0. The highest BCUT2D eigenvalue weighted by Gasteiger charge is 2.11. The fourth-order valence-electron chi connectivity index (χ4n) is 1.29. The smallest absolute Gasteiger partial charge is 0.233 e. The van der Waals surface area contributed by atoms with Crippen molar-refractivity contribution in [2.45, 2.75) is 27.2 Å². The van der Waals surface area contributed by atoms with Crippen LogP contribution in [-0.4, -0.2) is 32.1 Å². The predicted molar refractivity (Wildman–Crippen MR) is 63.6 cm³/mol. The Morgan fingerprint density at radius 1 is 1.40 bits per heavy atom. The van der Waals surface area contributed by atoms with E-state index >= 15 is 0 Å². The van der Waals surface area contributed by atoms with Crippen LogP contribution in [0.5, 0.6) is 0 Å². The topological polar surface area (TPSA) is 67.2 Å². The van der Waals surface area contributed by atoms with Gasteiger partial charge < -0.3 is 16.4 Å². The van der Waals surface area contributed by atoms with Gasteiger partial charge in [0.1, 0.15) is 0 Å². The lowest BCUT2D eigenvalue weighted by molar-refractivity contribution is -0.120. The summed E-state index contributed by atoms with van der Waals surface area (Å²) in [5.41, 5.74) is 5.63. The van der Waals surface area contributed by atoms with Crippen LogP contribution in [0.25, 0.3) is 0 Å². The van der Waals surface area contributed by atoms with Crippen LogP contribution >= 0.6 is 0 Å². The molecule has 0 aromatic carbocycles. The van der Waals surface area contributed by atoms with E-state index in [4.69, 9.17) is 5.73 Å². The van der Waals surface area contributed by atoms with Crippen molar-refractivity contribution >= 4 is 5.91 Å². The molecule has 0 aliphatic rings. The zero-order valence-electron chi connectivity index (χ0n) is 10.2. The average Bonchev–Trinajstić information content (AvgIpc) is 2.20. The molecule has 0 radical (unpaired) electrons. The Labute approximate surface area is 93.0 Å². The summed E-state index contributed by atoms with van der Waals surface area (Å²) >= 11 is 0. The highest BCUT2D eigenvalue weighted by molar-refractivity contribution is 5.77. The van der Waals surface area contributed by atoms with Crippen LogP contribution < -0.4 is 16.4 Å². The molecule has 0 rings (SSSR count). The van der Waals surface area contributed by atoms with Gasteiger partial charge in [-0.05, 0) is 31.3 Å². The first-order valence-electron chi connectivity index (χ1n) is 5.79. The van der Waals surface area contributed by atoms with Crippen molar-refractivity contribution < 1.29 is 4.79 Å². The third-order valence-corrected chi connectivity index (χ3v) is 2.51. The van der Waals surface area contributed by atoms with E-state index in [0.717, 1.165) is 19.5 Å². The van der Waals surface area contributed by atoms with Crippen LogP contribution in [-0.2, 0) is 4.79 Å². The molecule has 15 heavy (non-hydrogen) atoms. The second-order valence-electron chi connectivity index (χ2n) is 4.22. The minimum atomic E-state index is 0.0661. The Balaban J connectivity index is 3.54. The van der Waals surface area contributed by atoms with Crippen molar-refractivity contribution in [1.29, 1.82) is 0 Å². The Morgan fingerprint density at radius 2 is 2.07 bits per heavy atom. The molecule has 4 N–H and O–H groups in total. The zero-order valence-corrected chi connectivity index (χ0v) is 10.2. The first kappa shape index (κ1) is 14.4. The fraction of sp³-hybridized carbons (Fsp3) is 0.909. The Morgan fingerprint density at radius 3 is 2.53 bits per heavy atom. The molecular formula is C11H25N3O. The number of rotatable bonds is 8. The van der Waals surface area contributed by atoms with Crippen LogP contribution in [0.1, 0.15) is 27.2 Å². The molecule has 0 aliphatic heterocycles. The van der Waals surface area contributed by atoms with Crippen molar-refractivity contribution in [1.82, 2.24) is 10.6 Å². The highest BCUT2D eigenvalue weighted by Crippen LogP contribution is 2.06. The van der Waals surface area contributed by atoms with Crippen LogP contribution in [0.3, 0.4) is 0 Å². The lowest BCUT2D eigenvalue weighted by Crippen LogP contribution is -2.38. The normalized spacial score (nSPS) is 12.9. The summed E-state index contributed by atoms with van der Waals surface area (Å²) in [5, 5.41) is 5.95. The third-order valence-electron chi connectivity index (χ3n) is 2.51. The number of hydrogen-bond acceptors (Lipinski definition) is 3. The van der Waals surface area contributed by atoms with Gasteiger partial charge in [0.25, 0.3) is 0 Å². The SMILES string of the molecule is CCCNC(=O)CNCC(CN)C(C)C. The van der Waals surface area contributed by atoms with E-state index in [9.17, 15) is 4.79 Å². The summed E-state index contributed by atoms with van der Waals surface area (Å²) in [5.74, 6) is 1.07. The molecule has 0 aliphatic carbocycles. The maximum atomic E-state index is 11.2. The highest BCUT2D eigenvalue weighted by atomic mass is 16.1. The minimum Gasteiger partial charge on any atom is -0.355 e. The zero-order chi connectivity index (χ0) is 11.7. The van der Waals surface area contributed by atoms with E-state index in [1.54, 1.807) is 0 Å². The molecule has 0 fully saturated rings. The monoisotopic (exact) mass is 215 g/mol. The van der Waals surface area contributed by atoms with Crippen molar-refractivity contribution in [3.63, 3.8) is 0 Å². The molecule has 1 atom stereocenters. The maximum Gasteiger partial charge on any atom is 0.233 e. The summed E-state index contributed by atoms with van der Waals surface area (Å²) in [7, 11) is 0. The molecule has 0 aromatic heterocycles. The Bertz CT molecular complexity index is 171. The molecule has 0 saturated heterocycles. The summed E-state index contributed by atoms with van der Waals surface area (Å²) in [4.78, 5) is 11.2. The molecule has 0 saturated carbocycles. The molecule has 1 amide bonds. The number of carbonyl (C=O) groups is 1. The average molecular weight is 215 g/mol. The van der Waals surface area contributed by atoms with E-state index in [1.807, 2.05) is 6.92 Å². The third kappa shape index (κ3) is 7.33. The Kier molecular flexibility index (Phi) is 8.33. The number of nitrogens with two attached hydrogens (primary N) is 1. The van der Waals surface area contributed by atoms with Gasteiger partial charge in [0.2, 0.25) is 5.91 Å². The van der Waals surface area contributed by atoms with E-state index < -0.39 is 0 Å². The Hall–Kier alpha value is -0.610. The van der Waals surface area contributed by atoms with Crippen LogP contribution in [0.4, 0.5) is 0 Å². The number of nitrogens with one attached hydrogen (secondary N) is 2. The van der Waals surface area contributed by atoms with Gasteiger partial charge in [-0.2, -0.15) is 0 Å². The summed E-state index contributed by atoms with van der Waals surface area (Å²) in [6.07, 6.45) is 0.975. The molecular weight excluding hydrogens is 190 g/mol. The molecule has 0 aromatic rings. The molecule has 0 bridgehead atoms. The van der Waals surface area contributed by atoms with Crippen molar-refractivity contribution in [3.8, 4) is 0 Å². The lowest BCUT2D eigenvalue weighted by atomic mass is 9.96. The number of hydrogen-bond donors (Lipinski definition) is 3. The molecule has 4 nitrogen and oxygen atoms in total. The van der Waals surface area contributed by atoms with Crippen LogP contribution in [0.15, 0.2) is 0 Å². The lowest BCUT2D eigenvalue weighted by Gasteiger charge is -2.19. The van der Waals surface area contributed by atoms with E-state index in [1.165, 1.54) is 0 Å². The molecule has 4 heteroatoms. The molecule has 90 valence electrons. The van der Waals surface area contributed by atoms with Gasteiger partial charge in [-0.15, -0.1) is 0 Å². The number of amides is 1. The van der Waals surface area contributed by atoms with Gasteiger partial charge in [-0.1, -0.05) is 20.8 Å². The van der Waals surface area contributed by atoms with Gasteiger partial charge in [0.15, 0.2) is 0 Å². The van der Waals surface area contributed by atoms with Gasteiger partial charge in [0.05, 0.1) is 6.54 Å². The first-order chi connectivity index (χ1) is 7.11. The molecule has 0 heterocycles. The second-order valence-corrected chi connectivity index (χ2v) is 4.22. The van der Waals surface area contributed by atoms with Crippen molar-refractivity contribution in [2.24, 2.45) is 17.6 Å². The fourth-order valence-corrected chi connectivity index (χ4v) is 1.29. The molecule has 0 spiro atoms. The maximum absolute atomic E-state index is 11.2. The van der Waals surface area contributed by atoms with Gasteiger partial charge in [-0.25, -0.2) is 0 Å². The standard InChI is InChI=1S/C11H25N3O/c1-4-5-14-11(15)8-13-7-10(6-12)9(2)3/h9-10,13H,4-8,12H2,1-3H3,(H,14,15). The largest absolute Gasteiger partial charge is 0.355 e. The summed E-state index contributed by atoms with van der Waals surface area (Å²) in [6, 6.07) is 0. The van der Waals surface area contributed by atoms with Gasteiger partial charge >= 0.3 is 0 Å². The summed E-state index contributed by atoms with van der Waals surface area (Å²) in [6.45, 7) is 8.97. The minimum absolute atomic E-state index is 0.0661. The van der Waals surface area contributed by atoms with Crippen LogP contribution in [0, 0.1) is 11.8 Å². The quantitative estimate of drug-likeness (QED) is 0.547. The first-order valence-corrected chi connectivity index (χ1v) is 5.79. The predicted octanol–water partition coefficient (Wildman–Crippen LogP) is 0.333. The van der Waals surface area contributed by atoms with E-state index in [-0.39, 0.29) is 5.91 Å². The van der Waals surface area contributed by atoms with Crippen LogP contribution in [0.2, 0.25) is 0 Å².